The van der Waals surface area contributed by atoms with Gasteiger partial charge in [-0.05, 0) is 32.1 Å². The van der Waals surface area contributed by atoms with Gasteiger partial charge in [0.05, 0.1) is 17.9 Å². The SMILES string of the molecule is CCOC(=O)c1cnc(NC2CCCCC2(C)C)nc1C. The fraction of sp³-hybridized carbons (Fsp3) is 0.688. The zero-order valence-corrected chi connectivity index (χ0v) is 13.4. The third-order valence-corrected chi connectivity index (χ3v) is 4.29. The summed E-state index contributed by atoms with van der Waals surface area (Å²) in [5.41, 5.74) is 1.33. The number of anilines is 1. The van der Waals surface area contributed by atoms with Crippen LogP contribution in [0.25, 0.3) is 0 Å². The normalized spacial score (nSPS) is 20.9. The number of rotatable bonds is 4. The fourth-order valence-corrected chi connectivity index (χ4v) is 2.86. The zero-order chi connectivity index (χ0) is 15.5. The van der Waals surface area contributed by atoms with E-state index < -0.39 is 0 Å². The van der Waals surface area contributed by atoms with Crippen LogP contribution in [0.1, 0.15) is 62.5 Å². The second-order valence-corrected chi connectivity index (χ2v) is 6.34. The third kappa shape index (κ3) is 3.71. The maximum absolute atomic E-state index is 11.7. The van der Waals surface area contributed by atoms with E-state index in [1.54, 1.807) is 13.1 Å². The van der Waals surface area contributed by atoms with Crippen LogP contribution in [0.4, 0.5) is 5.95 Å². The van der Waals surface area contributed by atoms with Gasteiger partial charge in [-0.2, -0.15) is 0 Å². The molecule has 0 aliphatic heterocycles. The number of nitrogens with one attached hydrogen (secondary N) is 1. The lowest BCUT2D eigenvalue weighted by Crippen LogP contribution is -2.39. The molecule has 0 aromatic carbocycles. The van der Waals surface area contributed by atoms with Gasteiger partial charge in [-0.15, -0.1) is 0 Å². The Morgan fingerprint density at radius 2 is 2.24 bits per heavy atom. The number of carbonyl (C=O) groups excluding carboxylic acids is 1. The van der Waals surface area contributed by atoms with E-state index in [1.165, 1.54) is 19.3 Å². The average molecular weight is 291 g/mol. The first kappa shape index (κ1) is 15.7. The minimum atomic E-state index is -0.362. The molecule has 0 radical (unpaired) electrons. The fourth-order valence-electron chi connectivity index (χ4n) is 2.86. The van der Waals surface area contributed by atoms with Crippen molar-refractivity contribution in [2.75, 3.05) is 11.9 Å². The van der Waals surface area contributed by atoms with Crippen LogP contribution in [0.15, 0.2) is 6.20 Å². The summed E-state index contributed by atoms with van der Waals surface area (Å²) in [5, 5.41) is 3.44. The molecule has 0 amide bonds. The molecule has 1 aromatic rings. The molecule has 1 unspecified atom stereocenters. The summed E-state index contributed by atoms with van der Waals surface area (Å²) >= 11 is 0. The standard InChI is InChI=1S/C16H25N3O2/c1-5-21-14(20)12-10-17-15(18-11(12)2)19-13-8-6-7-9-16(13,3)4/h10,13H,5-9H2,1-4H3,(H,17,18,19). The topological polar surface area (TPSA) is 64.1 Å². The van der Waals surface area contributed by atoms with Crippen LogP contribution in [0.2, 0.25) is 0 Å². The van der Waals surface area contributed by atoms with Crippen LogP contribution in [0, 0.1) is 12.3 Å². The lowest BCUT2D eigenvalue weighted by atomic mass is 9.73. The van der Waals surface area contributed by atoms with Crippen LogP contribution < -0.4 is 5.32 Å². The summed E-state index contributed by atoms with van der Waals surface area (Å²) in [7, 11) is 0. The van der Waals surface area contributed by atoms with Gasteiger partial charge in [-0.25, -0.2) is 14.8 Å². The van der Waals surface area contributed by atoms with Crippen molar-refractivity contribution in [1.82, 2.24) is 9.97 Å². The Kier molecular flexibility index (Phi) is 4.80. The monoisotopic (exact) mass is 291 g/mol. The molecule has 1 aliphatic rings. The van der Waals surface area contributed by atoms with Crippen molar-refractivity contribution in [3.8, 4) is 0 Å². The van der Waals surface area contributed by atoms with Crippen molar-refractivity contribution in [2.24, 2.45) is 5.41 Å². The van der Waals surface area contributed by atoms with Crippen LogP contribution in [-0.4, -0.2) is 28.6 Å². The number of hydrogen-bond donors (Lipinski definition) is 1. The largest absolute Gasteiger partial charge is 0.462 e. The molecule has 1 N–H and O–H groups in total. The Morgan fingerprint density at radius 1 is 1.48 bits per heavy atom. The summed E-state index contributed by atoms with van der Waals surface area (Å²) in [6.07, 6.45) is 6.42. The van der Waals surface area contributed by atoms with Crippen LogP contribution >= 0.6 is 0 Å². The van der Waals surface area contributed by atoms with Crippen molar-refractivity contribution >= 4 is 11.9 Å². The lowest BCUT2D eigenvalue weighted by Gasteiger charge is -2.39. The highest BCUT2D eigenvalue weighted by molar-refractivity contribution is 5.90. The molecule has 2 rings (SSSR count). The van der Waals surface area contributed by atoms with Gasteiger partial charge in [0.2, 0.25) is 5.95 Å². The number of ether oxygens (including phenoxy) is 1. The number of esters is 1. The number of aryl methyl sites for hydroxylation is 1. The summed E-state index contributed by atoms with van der Waals surface area (Å²) in [5.74, 6) is 0.236. The highest BCUT2D eigenvalue weighted by Gasteiger charge is 2.32. The van der Waals surface area contributed by atoms with Gasteiger partial charge >= 0.3 is 5.97 Å². The van der Waals surface area contributed by atoms with Gasteiger partial charge in [-0.1, -0.05) is 26.7 Å². The first-order chi connectivity index (χ1) is 9.94. The van der Waals surface area contributed by atoms with E-state index in [1.807, 2.05) is 6.92 Å². The third-order valence-electron chi connectivity index (χ3n) is 4.29. The second-order valence-electron chi connectivity index (χ2n) is 6.34. The maximum atomic E-state index is 11.7. The lowest BCUT2D eigenvalue weighted by molar-refractivity contribution is 0.0524. The molecule has 0 spiro atoms. The summed E-state index contributed by atoms with van der Waals surface area (Å²) in [4.78, 5) is 20.4. The highest BCUT2D eigenvalue weighted by atomic mass is 16.5. The number of hydrogen-bond acceptors (Lipinski definition) is 5. The molecule has 0 saturated heterocycles. The van der Waals surface area contributed by atoms with Gasteiger partial charge < -0.3 is 10.1 Å². The summed E-state index contributed by atoms with van der Waals surface area (Å²) < 4.78 is 4.99. The molecule has 1 aromatic heterocycles. The molecule has 1 fully saturated rings. The Labute approximate surface area is 126 Å². The molecule has 1 heterocycles. The van der Waals surface area contributed by atoms with E-state index in [9.17, 15) is 4.79 Å². The number of carbonyl (C=O) groups is 1. The number of aromatic nitrogens is 2. The Morgan fingerprint density at radius 3 is 2.86 bits per heavy atom. The van der Waals surface area contributed by atoms with Crippen molar-refractivity contribution in [1.29, 1.82) is 0 Å². The predicted molar refractivity (Wildman–Crippen MR) is 82.4 cm³/mol. The average Bonchev–Trinajstić information content (AvgIpc) is 2.41. The van der Waals surface area contributed by atoms with Crippen molar-refractivity contribution < 1.29 is 9.53 Å². The van der Waals surface area contributed by atoms with Crippen molar-refractivity contribution in [3.63, 3.8) is 0 Å². The van der Waals surface area contributed by atoms with Crippen molar-refractivity contribution in [2.45, 2.75) is 59.4 Å². The zero-order valence-electron chi connectivity index (χ0n) is 13.4. The smallest absolute Gasteiger partial charge is 0.341 e. The summed E-state index contributed by atoms with van der Waals surface area (Å²) in [6.45, 7) is 8.52. The quantitative estimate of drug-likeness (QED) is 0.862. The maximum Gasteiger partial charge on any atom is 0.341 e. The predicted octanol–water partition coefficient (Wildman–Crippen LogP) is 3.34. The molecular weight excluding hydrogens is 266 g/mol. The van der Waals surface area contributed by atoms with E-state index in [4.69, 9.17) is 4.74 Å². The Balaban J connectivity index is 2.11. The van der Waals surface area contributed by atoms with E-state index in [2.05, 4.69) is 29.1 Å². The van der Waals surface area contributed by atoms with Gasteiger partial charge in [0.1, 0.15) is 0 Å². The van der Waals surface area contributed by atoms with E-state index in [0.29, 0.717) is 29.9 Å². The number of nitrogens with zero attached hydrogens (tertiary/aromatic N) is 2. The van der Waals surface area contributed by atoms with Gasteiger partial charge in [-0.3, -0.25) is 0 Å². The minimum absolute atomic E-state index is 0.245. The Bertz CT molecular complexity index is 514. The molecule has 21 heavy (non-hydrogen) atoms. The van der Waals surface area contributed by atoms with E-state index in [0.717, 1.165) is 6.42 Å². The molecular formula is C16H25N3O2. The summed E-state index contributed by atoms with van der Waals surface area (Å²) in [6, 6.07) is 0.374. The second kappa shape index (κ2) is 6.41. The first-order valence-electron chi connectivity index (χ1n) is 7.71. The van der Waals surface area contributed by atoms with Gasteiger partial charge in [0, 0.05) is 12.2 Å². The molecule has 116 valence electrons. The molecule has 1 atom stereocenters. The minimum Gasteiger partial charge on any atom is -0.462 e. The van der Waals surface area contributed by atoms with E-state index >= 15 is 0 Å². The highest BCUT2D eigenvalue weighted by Crippen LogP contribution is 2.36. The van der Waals surface area contributed by atoms with E-state index in [-0.39, 0.29) is 11.4 Å². The van der Waals surface area contributed by atoms with Gasteiger partial charge in [0.15, 0.2) is 0 Å². The molecule has 5 heteroatoms. The molecule has 5 nitrogen and oxygen atoms in total. The van der Waals surface area contributed by atoms with Crippen molar-refractivity contribution in [3.05, 3.63) is 17.5 Å². The first-order valence-corrected chi connectivity index (χ1v) is 7.71. The Hall–Kier alpha value is -1.65. The van der Waals surface area contributed by atoms with Gasteiger partial charge in [0.25, 0.3) is 0 Å². The molecule has 0 bridgehead atoms. The van der Waals surface area contributed by atoms with Crippen LogP contribution in [-0.2, 0) is 4.74 Å². The van der Waals surface area contributed by atoms with Crippen LogP contribution in [0.5, 0.6) is 0 Å². The molecule has 1 saturated carbocycles. The van der Waals surface area contributed by atoms with Crippen LogP contribution in [0.3, 0.4) is 0 Å². The molecule has 1 aliphatic carbocycles.